The Morgan fingerprint density at radius 2 is 1.00 bits per heavy atom. The third-order valence-electron chi connectivity index (χ3n) is 6.74. The van der Waals surface area contributed by atoms with Crippen molar-refractivity contribution in [3.63, 3.8) is 0 Å². The lowest BCUT2D eigenvalue weighted by atomic mass is 9.84. The predicted octanol–water partition coefficient (Wildman–Crippen LogP) is 6.13. The van der Waals surface area contributed by atoms with E-state index in [1.54, 1.807) is 12.4 Å². The Bertz CT molecular complexity index is 1030. The lowest BCUT2D eigenvalue weighted by Gasteiger charge is -2.26. The van der Waals surface area contributed by atoms with Crippen LogP contribution in [0, 0.1) is 0 Å². The normalized spacial score (nSPS) is 13.1. The van der Waals surface area contributed by atoms with Gasteiger partial charge in [0.25, 0.3) is 0 Å². The zero-order valence-electron chi connectivity index (χ0n) is 25.4. The van der Waals surface area contributed by atoms with Gasteiger partial charge < -0.3 is 20.0 Å². The minimum Gasteiger partial charge on any atom is -0.507 e. The first-order valence-electron chi connectivity index (χ1n) is 13.8. The van der Waals surface area contributed by atoms with Gasteiger partial charge in [0.15, 0.2) is 0 Å². The van der Waals surface area contributed by atoms with Crippen LogP contribution in [0.4, 0.5) is 0 Å². The van der Waals surface area contributed by atoms with Gasteiger partial charge in [0.2, 0.25) is 0 Å². The number of benzene rings is 2. The molecule has 0 aliphatic rings. The van der Waals surface area contributed by atoms with Gasteiger partial charge in [-0.25, -0.2) is 0 Å². The molecule has 2 aromatic carbocycles. The van der Waals surface area contributed by atoms with Crippen molar-refractivity contribution in [2.45, 2.75) is 79.3 Å². The number of phenols is 2. The van der Waals surface area contributed by atoms with Gasteiger partial charge >= 0.3 is 0 Å². The lowest BCUT2D eigenvalue weighted by Crippen LogP contribution is -2.30. The topological polar surface area (TPSA) is 71.7 Å². The Morgan fingerprint density at radius 1 is 0.658 bits per heavy atom. The second-order valence-corrected chi connectivity index (χ2v) is 12.4. The molecule has 0 unspecified atom stereocenters. The summed E-state index contributed by atoms with van der Waals surface area (Å²) in [5.74, 6) is 0.612. The molecule has 0 fully saturated rings. The second kappa shape index (κ2) is 13.4. The molecule has 0 saturated carbocycles. The molecule has 0 spiro atoms. The molecule has 6 heteroatoms. The van der Waals surface area contributed by atoms with Crippen LogP contribution in [-0.4, -0.2) is 72.7 Å². The number of rotatable bonds is 11. The van der Waals surface area contributed by atoms with Gasteiger partial charge in [-0.05, 0) is 62.0 Å². The number of hydrogen-bond donors (Lipinski definition) is 2. The minimum atomic E-state index is -0.0275. The Morgan fingerprint density at radius 3 is 1.29 bits per heavy atom. The van der Waals surface area contributed by atoms with Crippen molar-refractivity contribution in [3.8, 4) is 11.5 Å². The van der Waals surface area contributed by atoms with Crippen molar-refractivity contribution in [1.82, 2.24) is 9.80 Å². The van der Waals surface area contributed by atoms with Crippen LogP contribution in [0.5, 0.6) is 11.5 Å². The summed E-state index contributed by atoms with van der Waals surface area (Å²) in [5.41, 5.74) is 5.69. The van der Waals surface area contributed by atoms with Crippen molar-refractivity contribution in [3.05, 3.63) is 57.6 Å². The van der Waals surface area contributed by atoms with Crippen molar-refractivity contribution < 1.29 is 10.2 Å². The first-order valence-corrected chi connectivity index (χ1v) is 13.8. The van der Waals surface area contributed by atoms with Gasteiger partial charge in [-0.1, -0.05) is 53.7 Å². The molecule has 0 aliphatic heterocycles. The maximum absolute atomic E-state index is 11.0. The lowest BCUT2D eigenvalue weighted by molar-refractivity contribution is 0.243. The summed E-state index contributed by atoms with van der Waals surface area (Å²) in [7, 11) is 4.15. The highest BCUT2D eigenvalue weighted by Crippen LogP contribution is 2.32. The molecule has 0 atom stereocenters. The van der Waals surface area contributed by atoms with E-state index in [-0.39, 0.29) is 10.8 Å². The largest absolute Gasteiger partial charge is 0.507 e. The van der Waals surface area contributed by atoms with Crippen LogP contribution in [0.25, 0.3) is 0 Å². The van der Waals surface area contributed by atoms with Crippen LogP contribution in [-0.2, 0) is 23.9 Å². The molecule has 0 saturated heterocycles. The molecule has 0 aliphatic carbocycles. The van der Waals surface area contributed by atoms with Crippen LogP contribution in [0.1, 0.15) is 88.8 Å². The smallest absolute Gasteiger partial charge is 0.128 e. The number of hydrogen-bond acceptors (Lipinski definition) is 6. The molecule has 0 radical (unpaired) electrons. The van der Waals surface area contributed by atoms with Crippen molar-refractivity contribution in [2.75, 3.05) is 40.3 Å². The molecule has 0 heterocycles. The average Bonchev–Trinajstić information content (AvgIpc) is 2.82. The van der Waals surface area contributed by atoms with E-state index in [0.717, 1.165) is 35.3 Å². The minimum absolute atomic E-state index is 0.0275. The standard InChI is InChI=1S/C32H50N4O2/c1-11-33-19-23-15-27(31(3,4)5)17-25(29(23)37)21-35(9)13-14-36(10)22-26-18-28(32(6,7)8)16-24(30(26)38)20-34-12-2/h15-20,37-38H,11-14,21-22H2,1-10H3/b33-19+,34-20+. The van der Waals surface area contributed by atoms with Gasteiger partial charge in [0, 0.05) is 74.0 Å². The van der Waals surface area contributed by atoms with E-state index in [1.807, 2.05) is 26.0 Å². The van der Waals surface area contributed by atoms with E-state index in [2.05, 4.69) is 87.6 Å². The van der Waals surface area contributed by atoms with Crippen molar-refractivity contribution in [1.29, 1.82) is 0 Å². The van der Waals surface area contributed by atoms with Gasteiger partial charge in [0.05, 0.1) is 0 Å². The van der Waals surface area contributed by atoms with Crippen LogP contribution in [0.2, 0.25) is 0 Å². The van der Waals surface area contributed by atoms with Crippen molar-refractivity contribution >= 4 is 12.4 Å². The molecule has 0 amide bonds. The molecule has 6 nitrogen and oxygen atoms in total. The first kappa shape index (κ1) is 31.5. The fraction of sp³-hybridized carbons (Fsp3) is 0.562. The van der Waals surface area contributed by atoms with E-state index in [4.69, 9.17) is 0 Å². The zero-order valence-corrected chi connectivity index (χ0v) is 25.4. The van der Waals surface area contributed by atoms with Gasteiger partial charge in [0.1, 0.15) is 11.5 Å². The van der Waals surface area contributed by atoms with E-state index >= 15 is 0 Å². The number of aliphatic imine (C=N–C) groups is 2. The SMILES string of the molecule is CC/N=C/c1cc(C(C)(C)C)cc(CN(C)CCN(C)Cc2cc(C(C)(C)C)cc(/C=N/CC)c2O)c1O. The Labute approximate surface area is 231 Å². The molecule has 38 heavy (non-hydrogen) atoms. The Hall–Kier alpha value is -2.70. The predicted molar refractivity (Wildman–Crippen MR) is 163 cm³/mol. The Balaban J connectivity index is 2.18. The third kappa shape index (κ3) is 8.95. The highest BCUT2D eigenvalue weighted by molar-refractivity contribution is 5.85. The summed E-state index contributed by atoms with van der Waals surface area (Å²) in [6.07, 6.45) is 3.55. The molecular weight excluding hydrogens is 472 g/mol. The van der Waals surface area contributed by atoms with Gasteiger partial charge in [-0.2, -0.15) is 0 Å². The number of nitrogens with zero attached hydrogens (tertiary/aromatic N) is 4. The summed E-state index contributed by atoms with van der Waals surface area (Å²) in [6.45, 7) is 21.4. The number of phenolic OH excluding ortho intramolecular Hbond substituents is 2. The molecule has 0 aromatic heterocycles. The third-order valence-corrected chi connectivity index (χ3v) is 6.74. The molecular formula is C32H50N4O2. The molecule has 2 aromatic rings. The van der Waals surface area contributed by atoms with Crippen LogP contribution in [0.15, 0.2) is 34.3 Å². The summed E-state index contributed by atoms with van der Waals surface area (Å²) >= 11 is 0. The summed E-state index contributed by atoms with van der Waals surface area (Å²) in [5, 5.41) is 21.9. The summed E-state index contributed by atoms with van der Waals surface area (Å²) < 4.78 is 0. The summed E-state index contributed by atoms with van der Waals surface area (Å²) in [4.78, 5) is 13.2. The van der Waals surface area contributed by atoms with E-state index < -0.39 is 0 Å². The van der Waals surface area contributed by atoms with E-state index in [1.165, 1.54) is 11.1 Å². The van der Waals surface area contributed by atoms with Crippen LogP contribution < -0.4 is 0 Å². The first-order chi connectivity index (χ1) is 17.7. The fourth-order valence-corrected chi connectivity index (χ4v) is 4.20. The zero-order chi connectivity index (χ0) is 28.7. The highest BCUT2D eigenvalue weighted by Gasteiger charge is 2.21. The molecule has 2 N–H and O–H groups in total. The highest BCUT2D eigenvalue weighted by atomic mass is 16.3. The van der Waals surface area contributed by atoms with E-state index in [9.17, 15) is 10.2 Å². The monoisotopic (exact) mass is 522 g/mol. The van der Waals surface area contributed by atoms with Crippen molar-refractivity contribution in [2.24, 2.45) is 9.98 Å². The van der Waals surface area contributed by atoms with E-state index in [0.29, 0.717) is 37.7 Å². The number of likely N-dealkylation sites (N-methyl/N-ethyl adjacent to an activating group) is 2. The quantitative estimate of drug-likeness (QED) is 0.348. The van der Waals surface area contributed by atoms with Crippen LogP contribution in [0.3, 0.4) is 0 Å². The molecule has 0 bridgehead atoms. The maximum atomic E-state index is 11.0. The summed E-state index contributed by atoms with van der Waals surface area (Å²) in [6, 6.07) is 8.33. The maximum Gasteiger partial charge on any atom is 0.128 e. The number of aromatic hydroxyl groups is 2. The Kier molecular flexibility index (Phi) is 11.1. The average molecular weight is 523 g/mol. The molecule has 210 valence electrons. The fourth-order valence-electron chi connectivity index (χ4n) is 4.20. The van der Waals surface area contributed by atoms with Gasteiger partial charge in [-0.3, -0.25) is 9.98 Å². The second-order valence-electron chi connectivity index (χ2n) is 12.4. The molecule has 2 rings (SSSR count). The van der Waals surface area contributed by atoms with Gasteiger partial charge in [-0.15, -0.1) is 0 Å². The van der Waals surface area contributed by atoms with Crippen LogP contribution >= 0.6 is 0 Å².